The van der Waals surface area contributed by atoms with Crippen molar-refractivity contribution in [3.8, 4) is 0 Å². The third kappa shape index (κ3) is 4.68. The lowest BCUT2D eigenvalue weighted by atomic mass is 10.0. The molecule has 1 rings (SSSR count). The highest BCUT2D eigenvalue weighted by Crippen LogP contribution is 2.17. The van der Waals surface area contributed by atoms with Gasteiger partial charge in [-0.1, -0.05) is 13.8 Å². The number of hydrogen-bond acceptors (Lipinski definition) is 7. The van der Waals surface area contributed by atoms with Crippen molar-refractivity contribution in [3.05, 3.63) is 0 Å². The first-order valence-corrected chi connectivity index (χ1v) is 6.97. The standard InChI is InChI=1S/C13H22N2O6/c1-4-9(5-2)21-11(17)6-19-10(16)7-20-15-8(3)12(14)13(15)18/h8-9,12H,4-7,14H2,1-3H3/t8-,12-/m0/s1. The number of nitrogens with zero attached hydrogens (tertiary/aromatic N) is 1. The highest BCUT2D eigenvalue weighted by molar-refractivity contribution is 5.88. The predicted octanol–water partition coefficient (Wildman–Crippen LogP) is -0.249. The molecule has 2 N–H and O–H groups in total. The third-order valence-corrected chi connectivity index (χ3v) is 3.27. The highest BCUT2D eigenvalue weighted by Gasteiger charge is 2.43. The van der Waals surface area contributed by atoms with Gasteiger partial charge >= 0.3 is 11.9 Å². The van der Waals surface area contributed by atoms with Crippen molar-refractivity contribution in [1.29, 1.82) is 0 Å². The molecule has 120 valence electrons. The molecule has 0 unspecified atom stereocenters. The van der Waals surface area contributed by atoms with Crippen molar-refractivity contribution in [2.24, 2.45) is 5.73 Å². The van der Waals surface area contributed by atoms with Gasteiger partial charge in [0.05, 0.1) is 6.04 Å². The van der Waals surface area contributed by atoms with Crippen LogP contribution < -0.4 is 5.73 Å². The van der Waals surface area contributed by atoms with Gasteiger partial charge in [0, 0.05) is 0 Å². The van der Waals surface area contributed by atoms with E-state index < -0.39 is 31.2 Å². The van der Waals surface area contributed by atoms with Gasteiger partial charge in [0.2, 0.25) is 0 Å². The monoisotopic (exact) mass is 302 g/mol. The van der Waals surface area contributed by atoms with Gasteiger partial charge < -0.3 is 15.2 Å². The van der Waals surface area contributed by atoms with Crippen LogP contribution in [0.4, 0.5) is 0 Å². The first-order chi connectivity index (χ1) is 9.90. The average Bonchev–Trinajstić information content (AvgIpc) is 2.49. The molecule has 1 aliphatic rings. The molecule has 1 heterocycles. The number of β-lactam (4-membered cyclic amide) rings is 1. The smallest absolute Gasteiger partial charge is 0.344 e. The normalized spacial score (nSPS) is 21.2. The number of hydrogen-bond donors (Lipinski definition) is 1. The maximum absolute atomic E-state index is 11.4. The quantitative estimate of drug-likeness (QED) is 0.486. The zero-order valence-corrected chi connectivity index (χ0v) is 12.5. The SMILES string of the molecule is CCC(CC)OC(=O)COC(=O)CON1C(=O)[C@@H](N)[C@@H]1C. The molecule has 8 nitrogen and oxygen atoms in total. The van der Waals surface area contributed by atoms with Crippen molar-refractivity contribution in [1.82, 2.24) is 5.06 Å². The van der Waals surface area contributed by atoms with Crippen molar-refractivity contribution in [3.63, 3.8) is 0 Å². The average molecular weight is 302 g/mol. The molecule has 1 fully saturated rings. The van der Waals surface area contributed by atoms with Gasteiger partial charge in [-0.05, 0) is 19.8 Å². The van der Waals surface area contributed by atoms with Gasteiger partial charge in [0.25, 0.3) is 5.91 Å². The third-order valence-electron chi connectivity index (χ3n) is 3.27. The van der Waals surface area contributed by atoms with Gasteiger partial charge in [0.15, 0.2) is 13.2 Å². The van der Waals surface area contributed by atoms with Crippen LogP contribution in [-0.4, -0.2) is 54.3 Å². The molecular formula is C13H22N2O6. The lowest BCUT2D eigenvalue weighted by molar-refractivity contribution is -0.232. The van der Waals surface area contributed by atoms with E-state index >= 15 is 0 Å². The van der Waals surface area contributed by atoms with Crippen molar-refractivity contribution < 1.29 is 28.7 Å². The molecule has 21 heavy (non-hydrogen) atoms. The molecule has 0 aliphatic carbocycles. The minimum Gasteiger partial charge on any atom is -0.460 e. The fourth-order valence-electron chi connectivity index (χ4n) is 1.78. The second-order valence-electron chi connectivity index (χ2n) is 4.79. The van der Waals surface area contributed by atoms with E-state index in [1.54, 1.807) is 6.92 Å². The van der Waals surface area contributed by atoms with E-state index in [1.807, 2.05) is 13.8 Å². The fraction of sp³-hybridized carbons (Fsp3) is 0.769. The fourth-order valence-corrected chi connectivity index (χ4v) is 1.78. The molecule has 1 amide bonds. The minimum atomic E-state index is -0.753. The zero-order valence-electron chi connectivity index (χ0n) is 12.5. The molecule has 0 aromatic rings. The van der Waals surface area contributed by atoms with Crippen molar-refractivity contribution in [2.45, 2.75) is 51.8 Å². The number of carbonyl (C=O) groups is 3. The molecule has 0 saturated carbocycles. The number of amides is 1. The Morgan fingerprint density at radius 1 is 1.24 bits per heavy atom. The Balaban J connectivity index is 2.20. The molecule has 0 bridgehead atoms. The molecular weight excluding hydrogens is 280 g/mol. The Kier molecular flexibility index (Phi) is 6.57. The molecule has 1 saturated heterocycles. The van der Waals surface area contributed by atoms with Gasteiger partial charge in [-0.15, -0.1) is 0 Å². The van der Waals surface area contributed by atoms with Crippen LogP contribution >= 0.6 is 0 Å². The molecule has 0 aromatic carbocycles. The first kappa shape index (κ1) is 17.4. The van der Waals surface area contributed by atoms with E-state index in [-0.39, 0.29) is 18.1 Å². The summed E-state index contributed by atoms with van der Waals surface area (Å²) >= 11 is 0. The van der Waals surface area contributed by atoms with Crippen LogP contribution in [0.5, 0.6) is 0 Å². The lowest BCUT2D eigenvalue weighted by Gasteiger charge is -2.41. The number of carbonyl (C=O) groups excluding carboxylic acids is 3. The lowest BCUT2D eigenvalue weighted by Crippen LogP contribution is -2.67. The van der Waals surface area contributed by atoms with Crippen LogP contribution in [0.25, 0.3) is 0 Å². The Morgan fingerprint density at radius 3 is 2.38 bits per heavy atom. The molecule has 0 radical (unpaired) electrons. The molecule has 0 aromatic heterocycles. The van der Waals surface area contributed by atoms with E-state index in [0.717, 1.165) is 5.06 Å². The van der Waals surface area contributed by atoms with Crippen LogP contribution in [0.15, 0.2) is 0 Å². The second kappa shape index (κ2) is 7.94. The summed E-state index contributed by atoms with van der Waals surface area (Å²) < 4.78 is 9.77. The largest absolute Gasteiger partial charge is 0.460 e. The van der Waals surface area contributed by atoms with E-state index in [1.165, 1.54) is 0 Å². The van der Waals surface area contributed by atoms with Gasteiger partial charge in [-0.25, -0.2) is 14.7 Å². The predicted molar refractivity (Wildman–Crippen MR) is 71.7 cm³/mol. The van der Waals surface area contributed by atoms with Gasteiger partial charge in [-0.2, -0.15) is 0 Å². The minimum absolute atomic E-state index is 0.173. The summed E-state index contributed by atoms with van der Waals surface area (Å²) in [7, 11) is 0. The van der Waals surface area contributed by atoms with Crippen molar-refractivity contribution >= 4 is 17.8 Å². The summed E-state index contributed by atoms with van der Waals surface area (Å²) in [5.74, 6) is -1.74. The first-order valence-electron chi connectivity index (χ1n) is 6.97. The summed E-state index contributed by atoms with van der Waals surface area (Å²) in [6.07, 6.45) is 1.23. The number of hydroxylamine groups is 2. The maximum Gasteiger partial charge on any atom is 0.344 e. The summed E-state index contributed by atoms with van der Waals surface area (Å²) in [6.45, 7) is 4.57. The molecule has 8 heteroatoms. The number of ether oxygens (including phenoxy) is 2. The van der Waals surface area contributed by atoms with Crippen molar-refractivity contribution in [2.75, 3.05) is 13.2 Å². The maximum atomic E-state index is 11.4. The number of nitrogens with two attached hydrogens (primary N) is 1. The highest BCUT2D eigenvalue weighted by atomic mass is 16.7. The second-order valence-corrected chi connectivity index (χ2v) is 4.79. The van der Waals surface area contributed by atoms with Gasteiger partial charge in [0.1, 0.15) is 12.1 Å². The Labute approximate surface area is 123 Å². The van der Waals surface area contributed by atoms with Crippen LogP contribution in [0, 0.1) is 0 Å². The van der Waals surface area contributed by atoms with Crippen LogP contribution in [0.1, 0.15) is 33.6 Å². The molecule has 2 atom stereocenters. The zero-order chi connectivity index (χ0) is 16.0. The van der Waals surface area contributed by atoms with E-state index in [4.69, 9.17) is 20.0 Å². The van der Waals surface area contributed by atoms with E-state index in [2.05, 4.69) is 0 Å². The Morgan fingerprint density at radius 2 is 1.86 bits per heavy atom. The van der Waals surface area contributed by atoms with Crippen LogP contribution in [-0.2, 0) is 28.7 Å². The summed E-state index contributed by atoms with van der Waals surface area (Å²) in [4.78, 5) is 39.0. The Bertz CT molecular complexity index is 396. The topological polar surface area (TPSA) is 108 Å². The summed E-state index contributed by atoms with van der Waals surface area (Å²) in [5, 5.41) is 1.02. The van der Waals surface area contributed by atoms with Crippen LogP contribution in [0.3, 0.4) is 0 Å². The van der Waals surface area contributed by atoms with Crippen LogP contribution in [0.2, 0.25) is 0 Å². The Hall–Kier alpha value is -1.67. The molecule has 0 spiro atoms. The molecule has 1 aliphatic heterocycles. The van der Waals surface area contributed by atoms with E-state index in [0.29, 0.717) is 12.8 Å². The number of rotatable bonds is 8. The summed E-state index contributed by atoms with van der Waals surface area (Å²) in [5.41, 5.74) is 5.48. The van der Waals surface area contributed by atoms with Gasteiger partial charge in [-0.3, -0.25) is 9.63 Å². The number of esters is 2. The summed E-state index contributed by atoms with van der Waals surface area (Å²) in [6, 6.07) is -0.888. The van der Waals surface area contributed by atoms with E-state index in [9.17, 15) is 14.4 Å².